The summed E-state index contributed by atoms with van der Waals surface area (Å²) >= 11 is 0. The molecule has 0 aliphatic heterocycles. The van der Waals surface area contributed by atoms with Crippen LogP contribution in [0.4, 0.5) is 0 Å². The number of hydrogen-bond donors (Lipinski definition) is 11. The molecule has 0 heterocycles. The lowest BCUT2D eigenvalue weighted by molar-refractivity contribution is -0.147. The lowest BCUT2D eigenvalue weighted by Crippen LogP contribution is -2.58. The molecule has 0 aromatic rings. The van der Waals surface area contributed by atoms with Crippen LogP contribution < -0.4 is 44.6 Å². The van der Waals surface area contributed by atoms with E-state index in [1.165, 1.54) is 0 Å². The Hall–Kier alpha value is -4.19. The number of aliphatic imine (C=N–C) groups is 2. The molecule has 0 radical (unpaired) electrons. The number of guanidine groups is 2. The minimum Gasteiger partial charge on any atom is -0.481 e. The maximum atomic E-state index is 12.7. The second-order valence-corrected chi connectivity index (χ2v) is 7.81. The summed E-state index contributed by atoms with van der Waals surface area (Å²) in [5.74, 6) is -6.16. The van der Waals surface area contributed by atoms with E-state index in [9.17, 15) is 29.1 Å². The third-order valence-corrected chi connectivity index (χ3v) is 4.69. The first-order chi connectivity index (χ1) is 17.3. The first-order valence-electron chi connectivity index (χ1n) is 11.1. The van der Waals surface area contributed by atoms with E-state index in [4.69, 9.17) is 38.9 Å². The normalized spacial score (nSPS) is 13.7. The van der Waals surface area contributed by atoms with Crippen molar-refractivity contribution in [3.8, 4) is 0 Å². The summed E-state index contributed by atoms with van der Waals surface area (Å²) in [5, 5.41) is 34.2. The van der Waals surface area contributed by atoms with Gasteiger partial charge in [-0.05, 0) is 25.7 Å². The molecule has 3 amide bonds. The summed E-state index contributed by atoms with van der Waals surface area (Å²) < 4.78 is 0. The van der Waals surface area contributed by atoms with E-state index in [0.29, 0.717) is 6.42 Å². The van der Waals surface area contributed by atoms with E-state index in [2.05, 4.69) is 20.6 Å². The number of carboxylic acids is 2. The van der Waals surface area contributed by atoms with Crippen LogP contribution in [0.15, 0.2) is 9.98 Å². The van der Waals surface area contributed by atoms with Gasteiger partial charge in [-0.2, -0.15) is 0 Å². The van der Waals surface area contributed by atoms with Crippen molar-refractivity contribution in [3.05, 3.63) is 0 Å². The number of carboxylic acid groups (broad SMARTS) is 2. The van der Waals surface area contributed by atoms with Crippen LogP contribution in [-0.4, -0.2) is 101 Å². The van der Waals surface area contributed by atoms with Gasteiger partial charge in [-0.1, -0.05) is 0 Å². The second kappa shape index (κ2) is 17.3. The van der Waals surface area contributed by atoms with Gasteiger partial charge in [-0.3, -0.25) is 29.2 Å². The fraction of sp³-hybridized carbons (Fsp3) is 0.632. The van der Waals surface area contributed by atoms with Crippen LogP contribution in [0.5, 0.6) is 0 Å². The average molecular weight is 533 g/mol. The first-order valence-corrected chi connectivity index (χ1v) is 11.1. The standard InChI is InChI=1S/C19H36N10O8/c20-9(3-1-5-25-18(21)22)14(33)29-12(8-30)16(35)27-10(4-2-6-26-19(23)24)15(34)28-11(17(36)37)7-13(31)32/h9-12,30H,1-8,20H2,(H,27,35)(H,28,34)(H,29,33)(H,31,32)(H,36,37)(H4,21,22,25)(H4,23,24,26). The molecule has 0 aliphatic carbocycles. The number of aliphatic hydroxyl groups is 1. The van der Waals surface area contributed by atoms with Crippen molar-refractivity contribution in [1.82, 2.24) is 16.0 Å². The van der Waals surface area contributed by atoms with Crippen molar-refractivity contribution in [2.75, 3.05) is 19.7 Å². The quantitative estimate of drug-likeness (QED) is 0.0446. The molecule has 16 N–H and O–H groups in total. The van der Waals surface area contributed by atoms with E-state index in [0.717, 1.165) is 0 Å². The minimum atomic E-state index is -1.77. The zero-order valence-electron chi connectivity index (χ0n) is 20.1. The number of hydrogen-bond acceptors (Lipinski definition) is 9. The molecule has 0 aromatic carbocycles. The molecule has 4 atom stereocenters. The van der Waals surface area contributed by atoms with Crippen molar-refractivity contribution in [1.29, 1.82) is 0 Å². The largest absolute Gasteiger partial charge is 0.481 e. The average Bonchev–Trinajstić information content (AvgIpc) is 2.80. The monoisotopic (exact) mass is 532 g/mol. The van der Waals surface area contributed by atoms with Gasteiger partial charge in [0.05, 0.1) is 19.1 Å². The van der Waals surface area contributed by atoms with Crippen LogP contribution in [0.1, 0.15) is 32.1 Å². The molecule has 0 fully saturated rings. The van der Waals surface area contributed by atoms with Gasteiger partial charge in [0.25, 0.3) is 0 Å². The first kappa shape index (κ1) is 32.8. The zero-order chi connectivity index (χ0) is 28.5. The third kappa shape index (κ3) is 14.7. The molecule has 4 unspecified atom stereocenters. The van der Waals surface area contributed by atoms with Crippen LogP contribution in [-0.2, 0) is 24.0 Å². The Morgan fingerprint density at radius 2 is 1.16 bits per heavy atom. The number of aliphatic hydroxyl groups excluding tert-OH is 1. The molecule has 18 nitrogen and oxygen atoms in total. The fourth-order valence-electron chi connectivity index (χ4n) is 2.82. The van der Waals surface area contributed by atoms with Crippen LogP contribution >= 0.6 is 0 Å². The van der Waals surface area contributed by atoms with E-state index < -0.39 is 66.9 Å². The number of nitrogens with one attached hydrogen (secondary N) is 3. The van der Waals surface area contributed by atoms with Crippen LogP contribution in [0.25, 0.3) is 0 Å². The minimum absolute atomic E-state index is 0.0638. The van der Waals surface area contributed by atoms with Gasteiger partial charge in [-0.15, -0.1) is 0 Å². The van der Waals surface area contributed by atoms with Crippen molar-refractivity contribution in [2.45, 2.75) is 56.3 Å². The number of rotatable bonds is 18. The topological polar surface area (TPSA) is 337 Å². The molecule has 210 valence electrons. The fourth-order valence-corrected chi connectivity index (χ4v) is 2.82. The van der Waals surface area contributed by atoms with E-state index >= 15 is 0 Å². The number of carbonyl (C=O) groups is 5. The number of amides is 3. The summed E-state index contributed by atoms with van der Waals surface area (Å²) in [4.78, 5) is 67.4. The van der Waals surface area contributed by atoms with Crippen molar-refractivity contribution in [2.24, 2.45) is 38.7 Å². The molecule has 0 bridgehead atoms. The molecule has 0 aliphatic rings. The van der Waals surface area contributed by atoms with E-state index in [1.54, 1.807) is 0 Å². The predicted molar refractivity (Wildman–Crippen MR) is 131 cm³/mol. The molecule has 0 rings (SSSR count). The maximum absolute atomic E-state index is 12.7. The molecule has 0 saturated carbocycles. The van der Waals surface area contributed by atoms with Gasteiger partial charge >= 0.3 is 11.9 Å². The van der Waals surface area contributed by atoms with Gasteiger partial charge in [0.15, 0.2) is 11.9 Å². The van der Waals surface area contributed by atoms with Gasteiger partial charge in [0.1, 0.15) is 18.1 Å². The highest BCUT2D eigenvalue weighted by Gasteiger charge is 2.30. The Balaban J connectivity index is 5.33. The third-order valence-electron chi connectivity index (χ3n) is 4.69. The van der Waals surface area contributed by atoms with Gasteiger partial charge < -0.3 is 59.9 Å². The number of nitrogens with zero attached hydrogens (tertiary/aromatic N) is 2. The number of nitrogens with two attached hydrogens (primary N) is 5. The molecule has 18 heteroatoms. The lowest BCUT2D eigenvalue weighted by atomic mass is 10.1. The zero-order valence-corrected chi connectivity index (χ0v) is 20.1. The van der Waals surface area contributed by atoms with Crippen molar-refractivity contribution in [3.63, 3.8) is 0 Å². The predicted octanol–water partition coefficient (Wildman–Crippen LogP) is -5.57. The number of carbonyl (C=O) groups excluding carboxylic acids is 3. The molecular weight excluding hydrogens is 496 g/mol. The van der Waals surface area contributed by atoms with Gasteiger partial charge in [-0.25, -0.2) is 4.79 Å². The summed E-state index contributed by atoms with van der Waals surface area (Å²) in [7, 11) is 0. The molecule has 37 heavy (non-hydrogen) atoms. The van der Waals surface area contributed by atoms with Crippen LogP contribution in [0, 0.1) is 0 Å². The highest BCUT2D eigenvalue weighted by Crippen LogP contribution is 2.03. The Morgan fingerprint density at radius 1 is 0.703 bits per heavy atom. The SMILES string of the molecule is NC(N)=NCCCC(N)C(=O)NC(CO)C(=O)NC(CCCN=C(N)N)C(=O)NC(CC(=O)O)C(=O)O. The summed E-state index contributed by atoms with van der Waals surface area (Å²) in [6.45, 7) is -0.561. The Labute approximate surface area is 212 Å². The van der Waals surface area contributed by atoms with E-state index in [1.807, 2.05) is 5.32 Å². The molecular formula is C19H36N10O8. The second-order valence-electron chi connectivity index (χ2n) is 7.81. The van der Waals surface area contributed by atoms with Gasteiger partial charge in [0, 0.05) is 13.1 Å². The Bertz CT molecular complexity index is 858. The van der Waals surface area contributed by atoms with E-state index in [-0.39, 0.29) is 44.3 Å². The summed E-state index contributed by atoms with van der Waals surface area (Å²) in [6, 6.07) is -5.70. The highest BCUT2D eigenvalue weighted by molar-refractivity contribution is 5.94. The highest BCUT2D eigenvalue weighted by atomic mass is 16.4. The molecule has 0 spiro atoms. The van der Waals surface area contributed by atoms with Crippen LogP contribution in [0.3, 0.4) is 0 Å². The summed E-state index contributed by atoms with van der Waals surface area (Å²) in [5.41, 5.74) is 26.7. The maximum Gasteiger partial charge on any atom is 0.326 e. The van der Waals surface area contributed by atoms with Crippen LogP contribution in [0.2, 0.25) is 0 Å². The van der Waals surface area contributed by atoms with Crippen molar-refractivity contribution < 1.29 is 39.3 Å². The lowest BCUT2D eigenvalue weighted by Gasteiger charge is -2.24. The summed E-state index contributed by atoms with van der Waals surface area (Å²) in [6.07, 6.45) is -0.319. The smallest absolute Gasteiger partial charge is 0.326 e. The number of aliphatic carboxylic acids is 2. The molecule has 0 aromatic heterocycles. The van der Waals surface area contributed by atoms with Gasteiger partial charge in [0.2, 0.25) is 17.7 Å². The molecule has 0 saturated heterocycles. The Morgan fingerprint density at radius 3 is 1.62 bits per heavy atom. The Kier molecular flexibility index (Phi) is 15.3. The van der Waals surface area contributed by atoms with Crippen molar-refractivity contribution >= 4 is 41.6 Å².